The van der Waals surface area contributed by atoms with Crippen molar-refractivity contribution in [3.8, 4) is 6.07 Å². The van der Waals surface area contributed by atoms with Gasteiger partial charge in [-0.3, -0.25) is 0 Å². The Balaban J connectivity index is 2.84. The van der Waals surface area contributed by atoms with Crippen molar-refractivity contribution < 1.29 is 21.6 Å². The number of nitrogens with zero attached hydrogens (tertiary/aromatic N) is 1. The van der Waals surface area contributed by atoms with E-state index >= 15 is 0 Å². The number of alkyl halides is 3. The van der Waals surface area contributed by atoms with E-state index in [9.17, 15) is 21.6 Å². The quantitative estimate of drug-likeness (QED) is 0.908. The van der Waals surface area contributed by atoms with Crippen LogP contribution < -0.4 is 4.72 Å². The molecule has 1 unspecified atom stereocenters. The molecule has 4 nitrogen and oxygen atoms in total. The lowest BCUT2D eigenvalue weighted by Crippen LogP contribution is -2.32. The summed E-state index contributed by atoms with van der Waals surface area (Å²) in [7, 11) is -3.86. The topological polar surface area (TPSA) is 70.0 Å². The number of benzene rings is 1. The summed E-state index contributed by atoms with van der Waals surface area (Å²) in [5.41, 5.74) is -0.669. The maximum atomic E-state index is 12.5. The Bertz CT molecular complexity index is 606. The van der Waals surface area contributed by atoms with Gasteiger partial charge in [-0.05, 0) is 18.1 Å². The second kappa shape index (κ2) is 6.24. The predicted molar refractivity (Wildman–Crippen MR) is 66.9 cm³/mol. The van der Waals surface area contributed by atoms with Crippen LogP contribution in [-0.2, 0) is 22.7 Å². The molecule has 0 aliphatic rings. The van der Waals surface area contributed by atoms with Crippen LogP contribution >= 0.6 is 0 Å². The van der Waals surface area contributed by atoms with Gasteiger partial charge in [0, 0.05) is 6.54 Å². The van der Waals surface area contributed by atoms with Crippen LogP contribution in [0.4, 0.5) is 13.2 Å². The number of rotatable bonds is 5. The van der Waals surface area contributed by atoms with E-state index in [2.05, 4.69) is 4.72 Å². The largest absolute Gasteiger partial charge is 0.416 e. The molecule has 0 aliphatic heterocycles. The molecule has 0 fully saturated rings. The van der Waals surface area contributed by atoms with Crippen LogP contribution in [0.25, 0.3) is 0 Å². The van der Waals surface area contributed by atoms with Crippen molar-refractivity contribution in [1.82, 2.24) is 4.72 Å². The van der Waals surface area contributed by atoms with Crippen molar-refractivity contribution in [2.75, 3.05) is 0 Å². The summed E-state index contributed by atoms with van der Waals surface area (Å²) < 4.78 is 63.0. The summed E-state index contributed by atoms with van der Waals surface area (Å²) in [6.07, 6.45) is -4.37. The molecular weight excluding hydrogens is 293 g/mol. The Hall–Kier alpha value is -1.59. The molecule has 0 aromatic heterocycles. The summed E-state index contributed by atoms with van der Waals surface area (Å²) in [5.74, 6) is 0. The minimum atomic E-state index is -4.48. The maximum absolute atomic E-state index is 12.5. The van der Waals surface area contributed by atoms with Crippen molar-refractivity contribution in [2.24, 2.45) is 0 Å². The number of hydrogen-bond acceptors (Lipinski definition) is 3. The molecule has 1 aromatic carbocycles. The zero-order valence-electron chi connectivity index (χ0n) is 10.6. The van der Waals surface area contributed by atoms with Crippen LogP contribution in [0.1, 0.15) is 24.5 Å². The minimum Gasteiger partial charge on any atom is -0.211 e. The SMILES string of the molecule is CCC(C#N)S(=O)(=O)NCc1cccc(C(F)(F)F)c1. The van der Waals surface area contributed by atoms with Gasteiger partial charge in [-0.2, -0.15) is 18.4 Å². The normalized spacial score (nSPS) is 13.8. The average Bonchev–Trinajstić information content (AvgIpc) is 2.37. The first kappa shape index (κ1) is 16.5. The summed E-state index contributed by atoms with van der Waals surface area (Å²) in [4.78, 5) is 0. The van der Waals surface area contributed by atoms with Gasteiger partial charge >= 0.3 is 6.18 Å². The number of nitrogens with one attached hydrogen (secondary N) is 1. The van der Waals surface area contributed by atoms with Crippen LogP contribution in [0.5, 0.6) is 0 Å². The molecule has 110 valence electrons. The van der Waals surface area contributed by atoms with Crippen molar-refractivity contribution in [2.45, 2.75) is 31.3 Å². The van der Waals surface area contributed by atoms with Crippen LogP contribution in [0, 0.1) is 11.3 Å². The van der Waals surface area contributed by atoms with Gasteiger partial charge in [0.1, 0.15) is 0 Å². The third kappa shape index (κ3) is 4.21. The fourth-order valence-electron chi connectivity index (χ4n) is 1.52. The molecule has 0 bridgehead atoms. The van der Waals surface area contributed by atoms with Crippen molar-refractivity contribution in [3.05, 3.63) is 35.4 Å². The first-order valence-electron chi connectivity index (χ1n) is 5.75. The van der Waals surface area contributed by atoms with E-state index < -0.39 is 27.0 Å². The smallest absolute Gasteiger partial charge is 0.211 e. The van der Waals surface area contributed by atoms with E-state index in [0.717, 1.165) is 12.1 Å². The molecule has 0 amide bonds. The van der Waals surface area contributed by atoms with Crippen molar-refractivity contribution in [3.63, 3.8) is 0 Å². The average molecular weight is 306 g/mol. The molecule has 0 radical (unpaired) electrons. The molecule has 1 N–H and O–H groups in total. The highest BCUT2D eigenvalue weighted by molar-refractivity contribution is 7.90. The van der Waals surface area contributed by atoms with Gasteiger partial charge in [-0.25, -0.2) is 13.1 Å². The van der Waals surface area contributed by atoms with E-state index in [0.29, 0.717) is 0 Å². The first-order valence-corrected chi connectivity index (χ1v) is 7.29. The van der Waals surface area contributed by atoms with Crippen LogP contribution in [0.15, 0.2) is 24.3 Å². The van der Waals surface area contributed by atoms with E-state index in [4.69, 9.17) is 5.26 Å². The summed E-state index contributed by atoms with van der Waals surface area (Å²) in [5, 5.41) is 7.48. The standard InChI is InChI=1S/C12H13F3N2O2S/c1-2-11(7-16)20(18,19)17-8-9-4-3-5-10(6-9)12(13,14)15/h3-6,11,17H,2,8H2,1H3. The zero-order chi connectivity index (χ0) is 15.4. The Morgan fingerprint density at radius 2 is 2.05 bits per heavy atom. The van der Waals surface area contributed by atoms with Gasteiger partial charge in [0.2, 0.25) is 10.0 Å². The Morgan fingerprint density at radius 1 is 1.40 bits per heavy atom. The van der Waals surface area contributed by atoms with E-state index in [-0.39, 0.29) is 18.5 Å². The van der Waals surface area contributed by atoms with Gasteiger partial charge < -0.3 is 0 Å². The fourth-order valence-corrected chi connectivity index (χ4v) is 2.67. The minimum absolute atomic E-state index is 0.106. The highest BCUT2D eigenvalue weighted by Crippen LogP contribution is 2.29. The van der Waals surface area contributed by atoms with Gasteiger partial charge in [-0.1, -0.05) is 25.1 Å². The Kier molecular flexibility index (Phi) is 5.14. The highest BCUT2D eigenvalue weighted by atomic mass is 32.2. The molecule has 0 spiro atoms. The van der Waals surface area contributed by atoms with Crippen LogP contribution in [0.2, 0.25) is 0 Å². The highest BCUT2D eigenvalue weighted by Gasteiger charge is 2.30. The fraction of sp³-hybridized carbons (Fsp3) is 0.417. The monoisotopic (exact) mass is 306 g/mol. The Morgan fingerprint density at radius 3 is 2.55 bits per heavy atom. The molecule has 1 atom stereocenters. The van der Waals surface area contributed by atoms with Crippen LogP contribution in [0.3, 0.4) is 0 Å². The summed E-state index contributed by atoms with van der Waals surface area (Å²) in [6, 6.07) is 5.99. The third-order valence-electron chi connectivity index (χ3n) is 2.62. The van der Waals surface area contributed by atoms with Crippen molar-refractivity contribution >= 4 is 10.0 Å². The zero-order valence-corrected chi connectivity index (χ0v) is 11.4. The van der Waals surface area contributed by atoms with Gasteiger partial charge in [0.15, 0.2) is 5.25 Å². The maximum Gasteiger partial charge on any atom is 0.416 e. The van der Waals surface area contributed by atoms with Crippen molar-refractivity contribution in [1.29, 1.82) is 5.26 Å². The van der Waals surface area contributed by atoms with Gasteiger partial charge in [0.05, 0.1) is 11.6 Å². The second-order valence-corrected chi connectivity index (χ2v) is 6.04. The number of halogens is 3. The second-order valence-electron chi connectivity index (χ2n) is 4.09. The molecule has 0 saturated heterocycles. The van der Waals surface area contributed by atoms with Gasteiger partial charge in [-0.15, -0.1) is 0 Å². The molecule has 0 aliphatic carbocycles. The number of sulfonamides is 1. The Labute approximate surface area is 115 Å². The van der Waals surface area contributed by atoms with E-state index in [1.807, 2.05) is 0 Å². The number of hydrogen-bond donors (Lipinski definition) is 1. The summed E-state index contributed by atoms with van der Waals surface area (Å²) >= 11 is 0. The third-order valence-corrected chi connectivity index (χ3v) is 4.36. The molecular formula is C12H13F3N2O2S. The molecule has 1 aromatic rings. The lowest BCUT2D eigenvalue weighted by atomic mass is 10.1. The van der Waals surface area contributed by atoms with Gasteiger partial charge in [0.25, 0.3) is 0 Å². The first-order chi connectivity index (χ1) is 9.20. The summed E-state index contributed by atoms with van der Waals surface area (Å²) in [6.45, 7) is 1.25. The lowest BCUT2D eigenvalue weighted by Gasteiger charge is -2.11. The molecule has 20 heavy (non-hydrogen) atoms. The predicted octanol–water partition coefficient (Wildman–Crippen LogP) is 2.43. The number of nitriles is 1. The van der Waals surface area contributed by atoms with Crippen LogP contribution in [-0.4, -0.2) is 13.7 Å². The van der Waals surface area contributed by atoms with E-state index in [1.54, 1.807) is 6.07 Å². The van der Waals surface area contributed by atoms with E-state index in [1.165, 1.54) is 19.1 Å². The molecule has 0 saturated carbocycles. The molecule has 0 heterocycles. The lowest BCUT2D eigenvalue weighted by molar-refractivity contribution is -0.137. The molecule has 1 rings (SSSR count). The molecule has 8 heteroatoms.